The van der Waals surface area contributed by atoms with Crippen LogP contribution in [-0.4, -0.2) is 91.8 Å². The Balaban J connectivity index is 1.10. The van der Waals surface area contributed by atoms with Gasteiger partial charge < -0.3 is 19.4 Å². The minimum Gasteiger partial charge on any atom is -0.492 e. The Hall–Kier alpha value is -5.20. The smallest absolute Gasteiger partial charge is 0.266 e. The predicted molar refractivity (Wildman–Crippen MR) is 186 cm³/mol. The highest BCUT2D eigenvalue weighted by Gasteiger charge is 2.46. The zero-order valence-electron chi connectivity index (χ0n) is 28.0. The molecule has 0 radical (unpaired) electrons. The lowest BCUT2D eigenvalue weighted by Crippen LogP contribution is -2.38. The molecule has 2 fully saturated rings. The van der Waals surface area contributed by atoms with Gasteiger partial charge in [0.25, 0.3) is 17.4 Å². The molecular weight excluding hydrogens is 638 g/mol. The summed E-state index contributed by atoms with van der Waals surface area (Å²) in [7, 11) is 3.70. The molecule has 12 nitrogen and oxygen atoms in total. The van der Waals surface area contributed by atoms with E-state index >= 15 is 0 Å². The number of hydrogen-bond acceptors (Lipinski definition) is 10. The Kier molecular flexibility index (Phi) is 8.07. The molecule has 0 atom stereocenters. The molecule has 50 heavy (non-hydrogen) atoms. The fourth-order valence-corrected chi connectivity index (χ4v) is 7.66. The second-order valence-corrected chi connectivity index (χ2v) is 13.6. The highest BCUT2D eigenvalue weighted by molar-refractivity contribution is 6.37. The molecule has 1 aromatic heterocycles. The van der Waals surface area contributed by atoms with E-state index in [4.69, 9.17) is 9.47 Å². The van der Waals surface area contributed by atoms with Crippen molar-refractivity contribution in [2.24, 2.45) is 0 Å². The molecule has 1 saturated heterocycles. The Morgan fingerprint density at radius 3 is 2.20 bits per heavy atom. The lowest BCUT2D eigenvalue weighted by atomic mass is 9.95. The number of aromatic amines is 1. The minimum absolute atomic E-state index is 0.0312. The normalized spacial score (nSPS) is 18.4. The summed E-state index contributed by atoms with van der Waals surface area (Å²) in [5, 5.41) is 0.328. The number of ether oxygens (including phenoxy) is 2. The lowest BCUT2D eigenvalue weighted by Gasteiger charge is -2.26. The zero-order chi connectivity index (χ0) is 34.7. The monoisotopic (exact) mass is 675 g/mol. The van der Waals surface area contributed by atoms with E-state index in [0.717, 1.165) is 56.6 Å². The Labute approximate surface area is 288 Å². The largest absolute Gasteiger partial charge is 0.492 e. The fraction of sp³-hybridized carbons (Fsp3) is 0.368. The summed E-state index contributed by atoms with van der Waals surface area (Å²) < 4.78 is 11.5. The molecule has 0 bridgehead atoms. The molecule has 3 heterocycles. The van der Waals surface area contributed by atoms with Gasteiger partial charge in [-0.25, -0.2) is 9.88 Å². The number of Topliss-reactive ketones (excluding diaryl/α,β-unsaturated/α-hetero) is 2. The molecule has 0 spiro atoms. The van der Waals surface area contributed by atoms with E-state index in [9.17, 15) is 24.0 Å². The Morgan fingerprint density at radius 2 is 1.54 bits per heavy atom. The number of rotatable bonds is 8. The maximum Gasteiger partial charge on any atom is 0.266 e. The van der Waals surface area contributed by atoms with Crippen LogP contribution >= 0.6 is 0 Å². The second-order valence-electron chi connectivity index (χ2n) is 13.6. The molecule has 1 saturated carbocycles. The van der Waals surface area contributed by atoms with Crippen LogP contribution in [0.5, 0.6) is 5.75 Å². The van der Waals surface area contributed by atoms with Gasteiger partial charge in [-0.15, -0.1) is 0 Å². The summed E-state index contributed by atoms with van der Waals surface area (Å²) >= 11 is 0. The van der Waals surface area contributed by atoms with Crippen LogP contribution < -0.4 is 20.1 Å². The van der Waals surface area contributed by atoms with Crippen molar-refractivity contribution in [3.8, 4) is 5.75 Å². The van der Waals surface area contributed by atoms with Gasteiger partial charge in [-0.3, -0.25) is 28.9 Å². The third kappa shape index (κ3) is 5.39. The van der Waals surface area contributed by atoms with Crippen molar-refractivity contribution < 1.29 is 28.7 Å². The number of nitrogens with zero attached hydrogens (tertiary/aromatic N) is 4. The average Bonchev–Trinajstić information content (AvgIpc) is 3.80. The number of morpholine rings is 1. The highest BCUT2D eigenvalue weighted by atomic mass is 16.5. The minimum atomic E-state index is -1.39. The van der Waals surface area contributed by atoms with Crippen LogP contribution in [0.3, 0.4) is 0 Å². The number of H-pyrrole nitrogens is 1. The van der Waals surface area contributed by atoms with Crippen molar-refractivity contribution in [1.29, 1.82) is 0 Å². The highest BCUT2D eigenvalue weighted by Crippen LogP contribution is 2.44. The number of fused-ring (bicyclic) bond motifs is 3. The van der Waals surface area contributed by atoms with Gasteiger partial charge in [0, 0.05) is 56.6 Å². The van der Waals surface area contributed by atoms with Crippen molar-refractivity contribution in [3.05, 3.63) is 92.5 Å². The van der Waals surface area contributed by atoms with Gasteiger partial charge in [-0.05, 0) is 60.7 Å². The lowest BCUT2D eigenvalue weighted by molar-refractivity contribution is 0.0322. The van der Waals surface area contributed by atoms with Crippen LogP contribution in [-0.2, 0) is 4.74 Å². The summed E-state index contributed by atoms with van der Waals surface area (Å²) in [6.07, 6.45) is 4.04. The third-order valence-electron chi connectivity index (χ3n) is 10.4. The molecule has 3 aromatic carbocycles. The number of imide groups is 1. The topological polar surface area (TPSA) is 142 Å². The number of ketones is 2. The molecule has 12 heteroatoms. The van der Waals surface area contributed by atoms with Crippen LogP contribution in [0, 0.1) is 0 Å². The van der Waals surface area contributed by atoms with E-state index in [1.54, 1.807) is 24.3 Å². The van der Waals surface area contributed by atoms with Crippen LogP contribution in [0.1, 0.15) is 90.3 Å². The van der Waals surface area contributed by atoms with E-state index in [-0.39, 0.29) is 34.0 Å². The summed E-state index contributed by atoms with van der Waals surface area (Å²) in [6.45, 7) is 4.24. The third-order valence-corrected chi connectivity index (χ3v) is 10.4. The first-order valence-corrected chi connectivity index (χ1v) is 17.1. The molecule has 0 unspecified atom stereocenters. The maximum atomic E-state index is 14.1. The van der Waals surface area contributed by atoms with Crippen LogP contribution in [0.4, 0.5) is 11.4 Å². The molecule has 1 N–H and O–H groups in total. The standard InChI is InChI=1S/C38H37N5O7/c1-41(2)22-7-10-30-29(17-22)36(46)40-35(39-30)32-33(44)25-19-27-28(20-26(25)34(32)45)38(48)43(37(27)47)31-18-23(8-9-24(31)21-5-3-4-6-21)50-16-13-42-11-14-49-15-12-42/h7-10,17-21,32H,3-6,11-16H2,1-2H3,(H,39,40,46). The molecule has 256 valence electrons. The molecule has 2 amide bonds. The molecule has 8 rings (SSSR count). The van der Waals surface area contributed by atoms with Crippen LogP contribution in [0.2, 0.25) is 0 Å². The quantitative estimate of drug-likeness (QED) is 0.212. The number of carbonyl (C=O) groups is 4. The zero-order valence-corrected chi connectivity index (χ0v) is 28.0. The number of hydrogen-bond donors (Lipinski definition) is 1. The second kappa shape index (κ2) is 12.6. The van der Waals surface area contributed by atoms with Crippen molar-refractivity contribution in [2.45, 2.75) is 37.5 Å². The first-order valence-electron chi connectivity index (χ1n) is 17.1. The number of benzene rings is 3. The number of nitrogens with one attached hydrogen (secondary N) is 1. The Bertz CT molecular complexity index is 2090. The van der Waals surface area contributed by atoms with Crippen molar-refractivity contribution >= 4 is 45.7 Å². The number of anilines is 2. The summed E-state index contributed by atoms with van der Waals surface area (Å²) in [5.41, 5.74) is 2.23. The van der Waals surface area contributed by atoms with Crippen molar-refractivity contribution in [2.75, 3.05) is 63.4 Å². The van der Waals surface area contributed by atoms with Crippen molar-refractivity contribution in [1.82, 2.24) is 14.9 Å². The summed E-state index contributed by atoms with van der Waals surface area (Å²) in [5.74, 6) is -3.00. The van der Waals surface area contributed by atoms with E-state index in [1.165, 1.54) is 17.0 Å². The van der Waals surface area contributed by atoms with Gasteiger partial charge >= 0.3 is 0 Å². The van der Waals surface area contributed by atoms with Crippen molar-refractivity contribution in [3.63, 3.8) is 0 Å². The van der Waals surface area contributed by atoms with E-state index in [1.807, 2.05) is 31.1 Å². The average molecular weight is 676 g/mol. The van der Waals surface area contributed by atoms with Gasteiger partial charge in [0.2, 0.25) is 0 Å². The summed E-state index contributed by atoms with van der Waals surface area (Å²) in [4.78, 5) is 81.3. The van der Waals surface area contributed by atoms with E-state index in [0.29, 0.717) is 42.2 Å². The first-order chi connectivity index (χ1) is 24.2. The maximum absolute atomic E-state index is 14.1. The SMILES string of the molecule is CN(C)c1ccc2nc(C3C(=O)c4cc5c(cc4C3=O)C(=O)N(c3cc(OCCN4CCOCC4)ccc3C3CCCC3)C5=O)[nH]c(=O)c2c1. The first kappa shape index (κ1) is 32.0. The molecule has 2 aliphatic heterocycles. The van der Waals surface area contributed by atoms with Gasteiger partial charge in [-0.2, -0.15) is 0 Å². The van der Waals surface area contributed by atoms with Crippen LogP contribution in [0.25, 0.3) is 10.9 Å². The predicted octanol–water partition coefficient (Wildman–Crippen LogP) is 4.32. The molecule has 2 aliphatic carbocycles. The molecule has 4 aliphatic rings. The van der Waals surface area contributed by atoms with Gasteiger partial charge in [0.1, 0.15) is 24.1 Å². The van der Waals surface area contributed by atoms with Gasteiger partial charge in [0.05, 0.1) is 40.9 Å². The van der Waals surface area contributed by atoms with E-state index in [2.05, 4.69) is 14.9 Å². The van der Waals surface area contributed by atoms with Gasteiger partial charge in [-0.1, -0.05) is 18.9 Å². The van der Waals surface area contributed by atoms with Crippen LogP contribution in [0.15, 0.2) is 53.3 Å². The van der Waals surface area contributed by atoms with Gasteiger partial charge in [0.15, 0.2) is 11.6 Å². The van der Waals surface area contributed by atoms with E-state index < -0.39 is 34.9 Å². The number of carbonyl (C=O) groups excluding carboxylic acids is 4. The fourth-order valence-electron chi connectivity index (χ4n) is 7.66. The molecular formula is C38H37N5O7. The Morgan fingerprint density at radius 1 is 0.860 bits per heavy atom. The number of amides is 2. The summed E-state index contributed by atoms with van der Waals surface area (Å²) in [6, 6.07) is 13.5. The number of aromatic nitrogens is 2. The molecule has 4 aromatic rings.